The van der Waals surface area contributed by atoms with Crippen molar-refractivity contribution in [3.8, 4) is 11.5 Å². The zero-order valence-corrected chi connectivity index (χ0v) is 19.8. The Morgan fingerprint density at radius 1 is 1.21 bits per heavy atom. The Morgan fingerprint density at radius 2 is 1.91 bits per heavy atom. The fourth-order valence-electron chi connectivity index (χ4n) is 3.24. The Kier molecular flexibility index (Phi) is 9.47. The molecule has 1 N–H and O–H groups in total. The van der Waals surface area contributed by atoms with Crippen molar-refractivity contribution in [2.75, 3.05) is 13.7 Å². The van der Waals surface area contributed by atoms with E-state index in [2.05, 4.69) is 5.32 Å². The minimum absolute atomic E-state index is 0.0145. The summed E-state index contributed by atoms with van der Waals surface area (Å²) in [6, 6.07) is 10.2. The Morgan fingerprint density at radius 3 is 2.48 bits per heavy atom. The molecule has 0 fully saturated rings. The third kappa shape index (κ3) is 7.08. The Bertz CT molecular complexity index is 998. The van der Waals surface area contributed by atoms with Crippen LogP contribution in [0.5, 0.6) is 11.5 Å². The van der Waals surface area contributed by atoms with Crippen LogP contribution in [0, 0.1) is 10.1 Å². The first-order valence-electron chi connectivity index (χ1n) is 10.5. The van der Waals surface area contributed by atoms with Gasteiger partial charge < -0.3 is 19.7 Å². The number of methoxy groups -OCH3 is 1. The van der Waals surface area contributed by atoms with E-state index in [0.29, 0.717) is 17.0 Å². The predicted octanol–water partition coefficient (Wildman–Crippen LogP) is 3.97. The maximum Gasteiger partial charge on any atom is 0.311 e. The van der Waals surface area contributed by atoms with Gasteiger partial charge in [0.25, 0.3) is 5.91 Å². The molecule has 2 aromatic rings. The number of hydrogen-bond donors (Lipinski definition) is 1. The van der Waals surface area contributed by atoms with Crippen molar-refractivity contribution in [1.29, 1.82) is 0 Å². The van der Waals surface area contributed by atoms with Gasteiger partial charge in [-0.15, -0.1) is 0 Å². The molecule has 0 spiro atoms. The molecular formula is C23H28ClN3O6. The smallest absolute Gasteiger partial charge is 0.311 e. The van der Waals surface area contributed by atoms with Gasteiger partial charge in [-0.1, -0.05) is 36.7 Å². The van der Waals surface area contributed by atoms with Crippen LogP contribution in [0.2, 0.25) is 5.02 Å². The number of carbonyl (C=O) groups excluding carboxylic acids is 2. The molecule has 1 unspecified atom stereocenters. The highest BCUT2D eigenvalue weighted by atomic mass is 35.5. The summed E-state index contributed by atoms with van der Waals surface area (Å²) in [5, 5.41) is 14.4. The lowest BCUT2D eigenvalue weighted by molar-refractivity contribution is -0.385. The number of carbonyl (C=O) groups is 2. The average molecular weight is 478 g/mol. The van der Waals surface area contributed by atoms with Crippen LogP contribution in [0.1, 0.15) is 32.8 Å². The molecule has 0 aromatic heterocycles. The number of nitro benzene ring substituents is 1. The molecule has 33 heavy (non-hydrogen) atoms. The van der Waals surface area contributed by atoms with Crippen LogP contribution in [0.15, 0.2) is 42.5 Å². The number of ether oxygens (including phenoxy) is 2. The van der Waals surface area contributed by atoms with Crippen molar-refractivity contribution in [1.82, 2.24) is 10.2 Å². The van der Waals surface area contributed by atoms with Gasteiger partial charge in [-0.3, -0.25) is 19.7 Å². The van der Waals surface area contributed by atoms with Crippen LogP contribution in [0.25, 0.3) is 0 Å². The van der Waals surface area contributed by atoms with Crippen molar-refractivity contribution in [2.24, 2.45) is 0 Å². The van der Waals surface area contributed by atoms with Crippen LogP contribution in [0.4, 0.5) is 5.69 Å². The van der Waals surface area contributed by atoms with E-state index < -0.39 is 16.9 Å². The first-order valence-corrected chi connectivity index (χ1v) is 10.8. The summed E-state index contributed by atoms with van der Waals surface area (Å²) in [6.07, 6.45) is 0.389. The fraction of sp³-hybridized carbons (Fsp3) is 0.391. The van der Waals surface area contributed by atoms with Gasteiger partial charge >= 0.3 is 5.69 Å². The summed E-state index contributed by atoms with van der Waals surface area (Å²) in [6.45, 7) is 5.25. The number of nitrogens with zero attached hydrogens (tertiary/aromatic N) is 2. The summed E-state index contributed by atoms with van der Waals surface area (Å²) in [7, 11) is 1.31. The molecule has 2 rings (SSSR count). The van der Waals surface area contributed by atoms with Gasteiger partial charge in [0.05, 0.1) is 12.0 Å². The van der Waals surface area contributed by atoms with Crippen molar-refractivity contribution in [2.45, 2.75) is 45.8 Å². The summed E-state index contributed by atoms with van der Waals surface area (Å²) in [5.41, 5.74) is 0.480. The van der Waals surface area contributed by atoms with Gasteiger partial charge in [-0.05, 0) is 38.0 Å². The molecule has 0 heterocycles. The highest BCUT2D eigenvalue weighted by Crippen LogP contribution is 2.31. The van der Waals surface area contributed by atoms with Crippen LogP contribution in [-0.2, 0) is 16.1 Å². The lowest BCUT2D eigenvalue weighted by Crippen LogP contribution is -2.51. The van der Waals surface area contributed by atoms with Crippen molar-refractivity contribution in [3.05, 3.63) is 63.2 Å². The minimum atomic E-state index is -0.730. The minimum Gasteiger partial charge on any atom is -0.490 e. The van der Waals surface area contributed by atoms with E-state index in [9.17, 15) is 19.7 Å². The van der Waals surface area contributed by atoms with Crippen molar-refractivity contribution < 1.29 is 24.0 Å². The number of nitrogens with one attached hydrogen (secondary N) is 1. The monoisotopic (exact) mass is 477 g/mol. The second-order valence-corrected chi connectivity index (χ2v) is 7.99. The van der Waals surface area contributed by atoms with Crippen LogP contribution < -0.4 is 14.8 Å². The summed E-state index contributed by atoms with van der Waals surface area (Å²) < 4.78 is 10.6. The zero-order chi connectivity index (χ0) is 24.5. The predicted molar refractivity (Wildman–Crippen MR) is 125 cm³/mol. The lowest BCUT2D eigenvalue weighted by Gasteiger charge is -2.31. The van der Waals surface area contributed by atoms with Gasteiger partial charge in [-0.2, -0.15) is 0 Å². The van der Waals surface area contributed by atoms with E-state index in [-0.39, 0.29) is 42.3 Å². The largest absolute Gasteiger partial charge is 0.490 e. The highest BCUT2D eigenvalue weighted by molar-refractivity contribution is 6.31. The van der Waals surface area contributed by atoms with E-state index >= 15 is 0 Å². The molecular weight excluding hydrogens is 450 g/mol. The molecule has 178 valence electrons. The lowest BCUT2D eigenvalue weighted by atomic mass is 10.1. The Hall–Kier alpha value is -3.33. The molecule has 0 aliphatic heterocycles. The standard InChI is InChI=1S/C23H28ClN3O6/c1-5-19(23(29)25-15(2)3)26(13-16-8-6-7-9-18(16)24)22(28)14-33-17-10-11-20(27(30)31)21(12-17)32-4/h6-12,15,19H,5,13-14H2,1-4H3,(H,25,29). The third-order valence-corrected chi connectivity index (χ3v) is 5.19. The van der Waals surface area contributed by atoms with Gasteiger partial charge in [-0.25, -0.2) is 0 Å². The summed E-state index contributed by atoms with van der Waals surface area (Å²) in [5.74, 6) is -0.466. The maximum absolute atomic E-state index is 13.2. The van der Waals surface area contributed by atoms with Gasteiger partial charge in [0.1, 0.15) is 11.8 Å². The molecule has 2 amide bonds. The molecule has 0 aliphatic carbocycles. The molecule has 2 aromatic carbocycles. The van der Waals surface area contributed by atoms with Gasteiger partial charge in [0.2, 0.25) is 11.7 Å². The highest BCUT2D eigenvalue weighted by Gasteiger charge is 2.30. The van der Waals surface area contributed by atoms with Crippen molar-refractivity contribution in [3.63, 3.8) is 0 Å². The number of benzene rings is 2. The van der Waals surface area contributed by atoms with Gasteiger partial charge in [0.15, 0.2) is 6.61 Å². The topological polar surface area (TPSA) is 111 Å². The van der Waals surface area contributed by atoms with Crippen LogP contribution >= 0.6 is 11.6 Å². The Balaban J connectivity index is 2.26. The number of amides is 2. The normalized spacial score (nSPS) is 11.6. The molecule has 9 nitrogen and oxygen atoms in total. The molecule has 10 heteroatoms. The van der Waals surface area contributed by atoms with E-state index in [1.807, 2.05) is 20.8 Å². The molecule has 0 saturated heterocycles. The maximum atomic E-state index is 13.2. The Labute approximate surface area is 197 Å². The van der Waals surface area contributed by atoms with E-state index in [4.69, 9.17) is 21.1 Å². The van der Waals surface area contributed by atoms with E-state index in [0.717, 1.165) is 0 Å². The molecule has 0 aliphatic rings. The first kappa shape index (κ1) is 25.9. The molecule has 1 atom stereocenters. The van der Waals surface area contributed by atoms with E-state index in [1.165, 1.54) is 30.2 Å². The van der Waals surface area contributed by atoms with Crippen LogP contribution in [-0.4, -0.2) is 47.4 Å². The van der Waals surface area contributed by atoms with Crippen molar-refractivity contribution >= 4 is 29.1 Å². The fourth-order valence-corrected chi connectivity index (χ4v) is 3.43. The van der Waals surface area contributed by atoms with Crippen LogP contribution in [0.3, 0.4) is 0 Å². The number of halogens is 1. The second kappa shape index (κ2) is 12.1. The molecule has 0 radical (unpaired) electrons. The summed E-state index contributed by atoms with van der Waals surface area (Å²) in [4.78, 5) is 37.9. The first-order chi connectivity index (χ1) is 15.7. The SMILES string of the molecule is CCC(C(=O)NC(C)C)N(Cc1ccccc1Cl)C(=O)COc1ccc([N+](=O)[O-])c(OC)c1. The molecule has 0 bridgehead atoms. The second-order valence-electron chi connectivity index (χ2n) is 7.58. The number of nitro groups is 1. The van der Waals surface area contributed by atoms with E-state index in [1.54, 1.807) is 24.3 Å². The average Bonchev–Trinajstić information content (AvgIpc) is 2.77. The molecule has 0 saturated carbocycles. The number of rotatable bonds is 11. The number of hydrogen-bond acceptors (Lipinski definition) is 6. The third-order valence-electron chi connectivity index (χ3n) is 4.83. The van der Waals surface area contributed by atoms with Gasteiger partial charge in [0, 0.05) is 29.7 Å². The zero-order valence-electron chi connectivity index (χ0n) is 19.0. The quantitative estimate of drug-likeness (QED) is 0.387. The summed E-state index contributed by atoms with van der Waals surface area (Å²) >= 11 is 6.29.